The van der Waals surface area contributed by atoms with Crippen LogP contribution >= 0.6 is 0 Å². The topological polar surface area (TPSA) is 99.3 Å². The Morgan fingerprint density at radius 2 is 1.77 bits per heavy atom. The Morgan fingerprint density at radius 3 is 2.39 bits per heavy atom. The van der Waals surface area contributed by atoms with Gasteiger partial charge in [0, 0.05) is 50.1 Å². The smallest absolute Gasteiger partial charge is 0.279 e. The zero-order valence-electron chi connectivity index (χ0n) is 18.2. The number of ether oxygens (including phenoxy) is 3. The highest BCUT2D eigenvalue weighted by Crippen LogP contribution is 2.40. The van der Waals surface area contributed by atoms with Crippen molar-refractivity contribution in [2.24, 2.45) is 7.05 Å². The number of aromatic nitrogens is 3. The number of methoxy groups -OCH3 is 3. The van der Waals surface area contributed by atoms with Crippen molar-refractivity contribution >= 4 is 17.2 Å². The molecule has 0 spiro atoms. The highest BCUT2D eigenvalue weighted by molar-refractivity contribution is 6.08. The summed E-state index contributed by atoms with van der Waals surface area (Å²) in [5, 5.41) is 7.04. The predicted molar refractivity (Wildman–Crippen MR) is 115 cm³/mol. The number of likely N-dealkylation sites (N-methyl/N-ethyl adjacent to an activating group) is 1. The molecule has 1 N–H and O–H groups in total. The molecule has 1 aliphatic heterocycles. The van der Waals surface area contributed by atoms with Gasteiger partial charge in [-0.2, -0.15) is 9.61 Å². The third-order valence-corrected chi connectivity index (χ3v) is 5.59. The number of carbonyl (C=O) groups excluding carboxylic acids is 1. The molecule has 1 aromatic carbocycles. The lowest BCUT2D eigenvalue weighted by atomic mass is 10.1. The van der Waals surface area contributed by atoms with Gasteiger partial charge in [-0.25, -0.2) is 0 Å². The second kappa shape index (κ2) is 7.95. The molecule has 164 valence electrons. The molecule has 0 saturated carbocycles. The summed E-state index contributed by atoms with van der Waals surface area (Å²) in [5.41, 5.74) is 2.67. The number of fused-ring (bicyclic) bond motifs is 2. The van der Waals surface area contributed by atoms with Crippen LogP contribution in [-0.4, -0.2) is 59.9 Å². The van der Waals surface area contributed by atoms with Gasteiger partial charge in [0.05, 0.1) is 33.1 Å². The largest absolute Gasteiger partial charge is 0.493 e. The van der Waals surface area contributed by atoms with E-state index in [9.17, 15) is 9.59 Å². The van der Waals surface area contributed by atoms with Gasteiger partial charge in [0.15, 0.2) is 17.1 Å². The first-order valence-corrected chi connectivity index (χ1v) is 9.78. The molecule has 3 heterocycles. The Hall–Kier alpha value is -3.53. The van der Waals surface area contributed by atoms with E-state index in [4.69, 9.17) is 14.2 Å². The SMILES string of the molecule is COc1cc(NC(=O)c2cnn3c(=O)c4c(n(C)c23)CCN(C)C4)cc(OC)c1OC. The Morgan fingerprint density at radius 1 is 1.10 bits per heavy atom. The number of nitrogens with zero attached hydrogens (tertiary/aromatic N) is 4. The van der Waals surface area contributed by atoms with Crippen LogP contribution in [0.3, 0.4) is 0 Å². The van der Waals surface area contributed by atoms with Gasteiger partial charge < -0.3 is 29.0 Å². The standard InChI is InChI=1S/C21H25N5O5/c1-24-7-6-15-14(11-24)21(28)26-20(25(15)2)13(10-22-26)19(27)23-12-8-16(29-3)18(31-5)17(9-12)30-4/h8-10H,6-7,11H2,1-5H3,(H,23,27). The van der Waals surface area contributed by atoms with Gasteiger partial charge in [0.2, 0.25) is 5.75 Å². The quantitative estimate of drug-likeness (QED) is 0.655. The molecular weight excluding hydrogens is 402 g/mol. The fraction of sp³-hybridized carbons (Fsp3) is 0.381. The van der Waals surface area contributed by atoms with Gasteiger partial charge >= 0.3 is 0 Å². The van der Waals surface area contributed by atoms with Crippen LogP contribution < -0.4 is 25.1 Å². The fourth-order valence-electron chi connectivity index (χ4n) is 4.03. The number of anilines is 1. The van der Waals surface area contributed by atoms with Crippen molar-refractivity contribution < 1.29 is 19.0 Å². The molecule has 1 aliphatic rings. The van der Waals surface area contributed by atoms with Gasteiger partial charge in [0.25, 0.3) is 11.5 Å². The van der Waals surface area contributed by atoms with Crippen molar-refractivity contribution in [3.63, 3.8) is 0 Å². The summed E-state index contributed by atoms with van der Waals surface area (Å²) in [5.74, 6) is 0.871. The van der Waals surface area contributed by atoms with Crippen LogP contribution in [0.5, 0.6) is 17.2 Å². The van der Waals surface area contributed by atoms with E-state index in [2.05, 4.69) is 15.3 Å². The molecule has 31 heavy (non-hydrogen) atoms. The molecule has 1 amide bonds. The Labute approximate surface area is 178 Å². The number of amides is 1. The summed E-state index contributed by atoms with van der Waals surface area (Å²) in [4.78, 5) is 28.2. The van der Waals surface area contributed by atoms with Crippen LogP contribution in [-0.2, 0) is 20.0 Å². The Balaban J connectivity index is 1.76. The normalized spacial score (nSPS) is 13.7. The molecular formula is C21H25N5O5. The number of hydrogen-bond donors (Lipinski definition) is 1. The zero-order valence-corrected chi connectivity index (χ0v) is 18.2. The van der Waals surface area contributed by atoms with E-state index >= 15 is 0 Å². The van der Waals surface area contributed by atoms with E-state index in [1.165, 1.54) is 32.0 Å². The minimum atomic E-state index is -0.396. The predicted octanol–water partition coefficient (Wildman–Crippen LogP) is 1.30. The molecule has 0 bridgehead atoms. The van der Waals surface area contributed by atoms with Crippen LogP contribution in [0.2, 0.25) is 0 Å². The van der Waals surface area contributed by atoms with Crippen LogP contribution in [0.4, 0.5) is 5.69 Å². The number of aryl methyl sites for hydroxylation is 1. The van der Waals surface area contributed by atoms with Gasteiger partial charge in [0.1, 0.15) is 5.56 Å². The maximum atomic E-state index is 13.1. The number of nitrogens with one attached hydrogen (secondary N) is 1. The molecule has 0 radical (unpaired) electrons. The molecule has 0 saturated heterocycles. The molecule has 0 unspecified atom stereocenters. The average Bonchev–Trinajstić information content (AvgIpc) is 3.22. The van der Waals surface area contributed by atoms with E-state index < -0.39 is 5.91 Å². The second-order valence-corrected chi connectivity index (χ2v) is 7.44. The van der Waals surface area contributed by atoms with Gasteiger partial charge in [-0.15, -0.1) is 0 Å². The van der Waals surface area contributed by atoms with E-state index in [0.717, 1.165) is 18.7 Å². The van der Waals surface area contributed by atoms with Crippen LogP contribution in [0.15, 0.2) is 23.1 Å². The molecule has 10 nitrogen and oxygen atoms in total. The lowest BCUT2D eigenvalue weighted by Crippen LogP contribution is -2.36. The summed E-state index contributed by atoms with van der Waals surface area (Å²) in [6.45, 7) is 1.41. The van der Waals surface area contributed by atoms with Crippen LogP contribution in [0.25, 0.3) is 5.65 Å². The summed E-state index contributed by atoms with van der Waals surface area (Å²) >= 11 is 0. The van der Waals surface area contributed by atoms with Crippen molar-refractivity contribution in [1.82, 2.24) is 19.1 Å². The van der Waals surface area contributed by atoms with Crippen LogP contribution in [0.1, 0.15) is 21.6 Å². The first kappa shape index (κ1) is 20.7. The van der Waals surface area contributed by atoms with E-state index in [0.29, 0.717) is 46.3 Å². The minimum absolute atomic E-state index is 0.193. The van der Waals surface area contributed by atoms with Crippen molar-refractivity contribution in [3.05, 3.63) is 45.5 Å². The molecule has 4 rings (SSSR count). The monoisotopic (exact) mass is 427 g/mol. The summed E-state index contributed by atoms with van der Waals surface area (Å²) in [6.07, 6.45) is 2.15. The molecule has 2 aromatic heterocycles. The Kier molecular flexibility index (Phi) is 5.32. The average molecular weight is 427 g/mol. The maximum Gasteiger partial charge on any atom is 0.279 e. The zero-order chi connectivity index (χ0) is 22.3. The van der Waals surface area contributed by atoms with Crippen molar-refractivity contribution in [2.75, 3.05) is 40.2 Å². The van der Waals surface area contributed by atoms with Gasteiger partial charge in [-0.3, -0.25) is 9.59 Å². The van der Waals surface area contributed by atoms with Gasteiger partial charge in [-0.1, -0.05) is 0 Å². The molecule has 3 aromatic rings. The summed E-state index contributed by atoms with van der Waals surface area (Å²) in [7, 11) is 8.36. The van der Waals surface area contributed by atoms with Crippen molar-refractivity contribution in [2.45, 2.75) is 13.0 Å². The van der Waals surface area contributed by atoms with E-state index in [1.54, 1.807) is 12.1 Å². The fourth-order valence-corrected chi connectivity index (χ4v) is 4.03. The highest BCUT2D eigenvalue weighted by Gasteiger charge is 2.25. The molecule has 0 atom stereocenters. The maximum absolute atomic E-state index is 13.1. The minimum Gasteiger partial charge on any atom is -0.493 e. The summed E-state index contributed by atoms with van der Waals surface area (Å²) < 4.78 is 19.2. The summed E-state index contributed by atoms with van der Waals surface area (Å²) in [6, 6.07) is 3.28. The first-order valence-electron chi connectivity index (χ1n) is 9.78. The number of hydrogen-bond acceptors (Lipinski definition) is 7. The molecule has 0 fully saturated rings. The first-order chi connectivity index (χ1) is 14.9. The number of benzene rings is 1. The molecule has 10 heteroatoms. The van der Waals surface area contributed by atoms with Crippen LogP contribution in [0, 0.1) is 0 Å². The van der Waals surface area contributed by atoms with E-state index in [1.807, 2.05) is 18.7 Å². The van der Waals surface area contributed by atoms with E-state index in [-0.39, 0.29) is 5.56 Å². The number of carbonyl (C=O) groups is 1. The lowest BCUT2D eigenvalue weighted by Gasteiger charge is -2.26. The third kappa shape index (κ3) is 3.38. The van der Waals surface area contributed by atoms with Gasteiger partial charge in [-0.05, 0) is 7.05 Å². The second-order valence-electron chi connectivity index (χ2n) is 7.44. The molecule has 0 aliphatic carbocycles. The van der Waals surface area contributed by atoms with Crippen molar-refractivity contribution in [1.29, 1.82) is 0 Å². The number of rotatable bonds is 5. The van der Waals surface area contributed by atoms with Crippen molar-refractivity contribution in [3.8, 4) is 17.2 Å². The lowest BCUT2D eigenvalue weighted by molar-refractivity contribution is 0.102. The highest BCUT2D eigenvalue weighted by atomic mass is 16.5. The third-order valence-electron chi connectivity index (χ3n) is 5.59. The Bertz CT molecular complexity index is 1200.